The number of hydrogen-bond donors (Lipinski definition) is 1. The quantitative estimate of drug-likeness (QED) is 0.815. The maximum Gasteiger partial charge on any atom is 0.0599 e. The topological polar surface area (TPSA) is 38.5 Å². The van der Waals surface area contributed by atoms with Crippen LogP contribution in [0.2, 0.25) is 0 Å². The van der Waals surface area contributed by atoms with Crippen LogP contribution in [0.5, 0.6) is 0 Å². The minimum Gasteiger partial charge on any atom is -0.381 e. The molecular weight excluding hydrogens is 212 g/mol. The fraction of sp³-hybridized carbons (Fsp3) is 1.00. The number of nitrogens with zero attached hydrogens (tertiary/aromatic N) is 1. The first-order valence-electron chi connectivity index (χ1n) is 7.14. The normalized spacial score (nSPS) is 39.4. The van der Waals surface area contributed by atoms with Crippen molar-refractivity contribution < 1.29 is 4.74 Å². The van der Waals surface area contributed by atoms with Crippen LogP contribution in [0.4, 0.5) is 0 Å². The van der Waals surface area contributed by atoms with Crippen molar-refractivity contribution in [2.24, 2.45) is 17.6 Å². The van der Waals surface area contributed by atoms with Gasteiger partial charge in [0.05, 0.1) is 6.10 Å². The second-order valence-corrected chi connectivity index (χ2v) is 6.14. The van der Waals surface area contributed by atoms with Gasteiger partial charge in [0.25, 0.3) is 0 Å². The van der Waals surface area contributed by atoms with Crippen LogP contribution >= 0.6 is 0 Å². The van der Waals surface area contributed by atoms with Gasteiger partial charge in [0.2, 0.25) is 0 Å². The standard InChI is InChI=1S/C14H28N2O/c1-10(2)11-6-12(7-11)16-5-4-14(17-3)8-13(16)9-15/h10-14H,4-9,15H2,1-3H3. The molecule has 0 aromatic carbocycles. The van der Waals surface area contributed by atoms with Gasteiger partial charge in [-0.2, -0.15) is 0 Å². The highest BCUT2D eigenvalue weighted by Gasteiger charge is 2.39. The van der Waals surface area contributed by atoms with Crippen LogP contribution in [0.15, 0.2) is 0 Å². The molecule has 2 atom stereocenters. The largest absolute Gasteiger partial charge is 0.381 e. The fourth-order valence-electron chi connectivity index (χ4n) is 3.40. The highest BCUT2D eigenvalue weighted by Crippen LogP contribution is 2.39. The Balaban J connectivity index is 1.85. The van der Waals surface area contributed by atoms with Crippen molar-refractivity contribution in [1.29, 1.82) is 0 Å². The van der Waals surface area contributed by atoms with Crippen LogP contribution < -0.4 is 5.73 Å². The van der Waals surface area contributed by atoms with E-state index in [1.54, 1.807) is 0 Å². The molecule has 0 aromatic heterocycles. The second kappa shape index (κ2) is 5.68. The zero-order valence-corrected chi connectivity index (χ0v) is 11.6. The molecule has 0 amide bonds. The fourth-order valence-corrected chi connectivity index (χ4v) is 3.40. The summed E-state index contributed by atoms with van der Waals surface area (Å²) in [6.07, 6.45) is 5.49. The third-order valence-corrected chi connectivity index (χ3v) is 4.88. The van der Waals surface area contributed by atoms with E-state index < -0.39 is 0 Å². The van der Waals surface area contributed by atoms with Crippen LogP contribution in [-0.4, -0.2) is 43.3 Å². The van der Waals surface area contributed by atoms with E-state index >= 15 is 0 Å². The maximum absolute atomic E-state index is 5.92. The second-order valence-electron chi connectivity index (χ2n) is 6.14. The molecule has 0 aromatic rings. The number of piperidine rings is 1. The summed E-state index contributed by atoms with van der Waals surface area (Å²) in [6, 6.07) is 1.35. The lowest BCUT2D eigenvalue weighted by molar-refractivity contribution is -0.0392. The van der Waals surface area contributed by atoms with Crippen molar-refractivity contribution in [3.8, 4) is 0 Å². The molecule has 17 heavy (non-hydrogen) atoms. The molecule has 1 heterocycles. The molecule has 1 saturated carbocycles. The predicted octanol–water partition coefficient (Wildman–Crippen LogP) is 1.86. The summed E-state index contributed by atoms with van der Waals surface area (Å²) in [5.41, 5.74) is 5.92. The first kappa shape index (κ1) is 13.3. The van der Waals surface area contributed by atoms with Crippen molar-refractivity contribution in [2.45, 2.75) is 57.7 Å². The lowest BCUT2D eigenvalue weighted by atomic mass is 9.72. The molecule has 3 nitrogen and oxygen atoms in total. The summed E-state index contributed by atoms with van der Waals surface area (Å²) in [4.78, 5) is 2.66. The molecule has 2 rings (SSSR count). The van der Waals surface area contributed by atoms with E-state index in [1.165, 1.54) is 25.8 Å². The van der Waals surface area contributed by atoms with Gasteiger partial charge < -0.3 is 10.5 Å². The van der Waals surface area contributed by atoms with Gasteiger partial charge in [-0.3, -0.25) is 4.90 Å². The number of nitrogens with two attached hydrogens (primary N) is 1. The summed E-state index contributed by atoms with van der Waals surface area (Å²) in [5, 5.41) is 0. The van der Waals surface area contributed by atoms with Crippen molar-refractivity contribution >= 4 is 0 Å². The lowest BCUT2D eigenvalue weighted by Gasteiger charge is -2.50. The third-order valence-electron chi connectivity index (χ3n) is 4.88. The summed E-state index contributed by atoms with van der Waals surface area (Å²) >= 11 is 0. The number of hydrogen-bond acceptors (Lipinski definition) is 3. The van der Waals surface area contributed by atoms with Crippen LogP contribution in [0, 0.1) is 11.8 Å². The summed E-state index contributed by atoms with van der Waals surface area (Å²) in [5.74, 6) is 1.79. The minimum atomic E-state index is 0.431. The minimum absolute atomic E-state index is 0.431. The van der Waals surface area contributed by atoms with Crippen LogP contribution in [0.25, 0.3) is 0 Å². The Labute approximate surface area is 106 Å². The molecule has 100 valence electrons. The van der Waals surface area contributed by atoms with E-state index in [-0.39, 0.29) is 0 Å². The van der Waals surface area contributed by atoms with Gasteiger partial charge >= 0.3 is 0 Å². The molecule has 3 heteroatoms. The Hall–Kier alpha value is -0.120. The van der Waals surface area contributed by atoms with Gasteiger partial charge in [0.1, 0.15) is 0 Å². The molecule has 1 aliphatic carbocycles. The van der Waals surface area contributed by atoms with Crippen molar-refractivity contribution in [3.05, 3.63) is 0 Å². The van der Waals surface area contributed by atoms with E-state index in [2.05, 4.69) is 18.7 Å². The zero-order valence-electron chi connectivity index (χ0n) is 11.6. The van der Waals surface area contributed by atoms with Crippen LogP contribution in [0.3, 0.4) is 0 Å². The summed E-state index contributed by atoms with van der Waals surface area (Å²) in [7, 11) is 1.83. The molecular formula is C14H28N2O. The van der Waals surface area contributed by atoms with Crippen LogP contribution in [-0.2, 0) is 4.74 Å². The summed E-state index contributed by atoms with van der Waals surface area (Å²) < 4.78 is 5.48. The first-order valence-corrected chi connectivity index (χ1v) is 7.14. The average Bonchev–Trinajstić information content (AvgIpc) is 2.27. The molecule has 2 fully saturated rings. The van der Waals surface area contributed by atoms with Crippen molar-refractivity contribution in [3.63, 3.8) is 0 Å². The van der Waals surface area contributed by atoms with Crippen molar-refractivity contribution in [1.82, 2.24) is 4.90 Å². The molecule has 0 radical (unpaired) electrons. The van der Waals surface area contributed by atoms with Gasteiger partial charge in [-0.15, -0.1) is 0 Å². The predicted molar refractivity (Wildman–Crippen MR) is 70.9 cm³/mol. The van der Waals surface area contributed by atoms with Crippen molar-refractivity contribution in [2.75, 3.05) is 20.2 Å². The van der Waals surface area contributed by atoms with Gasteiger partial charge in [-0.1, -0.05) is 13.8 Å². The molecule has 1 aliphatic heterocycles. The van der Waals surface area contributed by atoms with Gasteiger partial charge in [-0.05, 0) is 37.5 Å². The highest BCUT2D eigenvalue weighted by atomic mass is 16.5. The van der Waals surface area contributed by atoms with E-state index in [0.29, 0.717) is 12.1 Å². The van der Waals surface area contributed by atoms with Gasteiger partial charge in [0, 0.05) is 32.3 Å². The van der Waals surface area contributed by atoms with E-state index in [9.17, 15) is 0 Å². The Kier molecular flexibility index (Phi) is 4.45. The smallest absolute Gasteiger partial charge is 0.0599 e. The Morgan fingerprint density at radius 1 is 1.29 bits per heavy atom. The number of likely N-dealkylation sites (tertiary alicyclic amines) is 1. The highest BCUT2D eigenvalue weighted by molar-refractivity contribution is 4.94. The SMILES string of the molecule is COC1CCN(C2CC(C(C)C)C2)C(CN)C1. The molecule has 2 unspecified atom stereocenters. The van der Waals surface area contributed by atoms with Gasteiger partial charge in [0.15, 0.2) is 0 Å². The van der Waals surface area contributed by atoms with Gasteiger partial charge in [-0.25, -0.2) is 0 Å². The monoisotopic (exact) mass is 240 g/mol. The molecule has 2 N–H and O–H groups in total. The summed E-state index contributed by atoms with van der Waals surface area (Å²) in [6.45, 7) is 6.65. The maximum atomic E-state index is 5.92. The third kappa shape index (κ3) is 2.83. The Bertz CT molecular complexity index is 238. The molecule has 0 spiro atoms. The number of methoxy groups -OCH3 is 1. The molecule has 0 bridgehead atoms. The van der Waals surface area contributed by atoms with Crippen LogP contribution in [0.1, 0.15) is 39.5 Å². The first-order chi connectivity index (χ1) is 8.15. The number of rotatable bonds is 4. The number of ether oxygens (including phenoxy) is 1. The Morgan fingerprint density at radius 3 is 2.53 bits per heavy atom. The molecule has 1 saturated heterocycles. The van der Waals surface area contributed by atoms with E-state index in [0.717, 1.165) is 30.8 Å². The average molecular weight is 240 g/mol. The Morgan fingerprint density at radius 2 is 2.00 bits per heavy atom. The molecule has 2 aliphatic rings. The van der Waals surface area contributed by atoms with E-state index in [4.69, 9.17) is 10.5 Å². The zero-order chi connectivity index (χ0) is 12.4. The van der Waals surface area contributed by atoms with E-state index in [1.807, 2.05) is 7.11 Å². The lowest BCUT2D eigenvalue weighted by Crippen LogP contribution is -2.57.